The maximum absolute atomic E-state index is 11.8. The summed E-state index contributed by atoms with van der Waals surface area (Å²) in [7, 11) is 0. The van der Waals surface area contributed by atoms with Crippen molar-refractivity contribution in [3.05, 3.63) is 29.8 Å². The van der Waals surface area contributed by atoms with Crippen molar-refractivity contribution in [3.63, 3.8) is 0 Å². The fourth-order valence-corrected chi connectivity index (χ4v) is 2.07. The summed E-state index contributed by atoms with van der Waals surface area (Å²) >= 11 is 0. The van der Waals surface area contributed by atoms with Gasteiger partial charge in [-0.15, -0.1) is 0 Å². The summed E-state index contributed by atoms with van der Waals surface area (Å²) in [5.74, 6) is -1.16. The molecule has 5 nitrogen and oxygen atoms in total. The standard InChI is InChI=1S/C16H24N2O3/c1-3-5-12-7-9-13(10-8-12)18-15(19)11-17-14(6-4-2)16(20)21/h7-10,14,17H,3-6,11H2,1-2H3,(H,18,19)(H,20,21). The van der Waals surface area contributed by atoms with E-state index in [4.69, 9.17) is 5.11 Å². The molecule has 5 heteroatoms. The number of anilines is 1. The van der Waals surface area contributed by atoms with Gasteiger partial charge in [0.1, 0.15) is 6.04 Å². The van der Waals surface area contributed by atoms with Gasteiger partial charge in [0.05, 0.1) is 6.54 Å². The third-order valence-corrected chi connectivity index (χ3v) is 3.16. The lowest BCUT2D eigenvalue weighted by molar-refractivity contribution is -0.139. The Labute approximate surface area is 125 Å². The topological polar surface area (TPSA) is 78.4 Å². The van der Waals surface area contributed by atoms with Crippen LogP contribution < -0.4 is 10.6 Å². The first-order chi connectivity index (χ1) is 10.1. The highest BCUT2D eigenvalue weighted by Crippen LogP contribution is 2.10. The van der Waals surface area contributed by atoms with E-state index in [9.17, 15) is 9.59 Å². The normalized spacial score (nSPS) is 11.9. The Morgan fingerprint density at radius 3 is 2.33 bits per heavy atom. The first kappa shape index (κ1) is 17.2. The van der Waals surface area contributed by atoms with E-state index < -0.39 is 12.0 Å². The van der Waals surface area contributed by atoms with Crippen molar-refractivity contribution in [2.24, 2.45) is 0 Å². The number of aryl methyl sites for hydroxylation is 1. The van der Waals surface area contributed by atoms with Crippen LogP contribution in [0.15, 0.2) is 24.3 Å². The molecule has 21 heavy (non-hydrogen) atoms. The van der Waals surface area contributed by atoms with Gasteiger partial charge in [-0.25, -0.2) is 0 Å². The van der Waals surface area contributed by atoms with Gasteiger partial charge in [0.2, 0.25) is 5.91 Å². The van der Waals surface area contributed by atoms with Crippen molar-refractivity contribution in [1.29, 1.82) is 0 Å². The maximum atomic E-state index is 11.8. The molecule has 1 rings (SSSR count). The molecule has 0 bridgehead atoms. The predicted octanol–water partition coefficient (Wildman–Crippen LogP) is 2.42. The number of benzene rings is 1. The fraction of sp³-hybridized carbons (Fsp3) is 0.500. The van der Waals surface area contributed by atoms with Crippen molar-refractivity contribution < 1.29 is 14.7 Å². The van der Waals surface area contributed by atoms with Gasteiger partial charge in [0, 0.05) is 5.69 Å². The second-order valence-corrected chi connectivity index (χ2v) is 5.06. The third kappa shape index (κ3) is 6.40. The molecule has 0 radical (unpaired) electrons. The number of nitrogens with one attached hydrogen (secondary N) is 2. The van der Waals surface area contributed by atoms with E-state index >= 15 is 0 Å². The Bertz CT molecular complexity index is 457. The SMILES string of the molecule is CCCc1ccc(NC(=O)CNC(CCC)C(=O)O)cc1. The van der Waals surface area contributed by atoms with Gasteiger partial charge in [-0.05, 0) is 30.5 Å². The Morgan fingerprint density at radius 1 is 1.14 bits per heavy atom. The number of hydrogen-bond acceptors (Lipinski definition) is 3. The van der Waals surface area contributed by atoms with Gasteiger partial charge in [-0.1, -0.05) is 38.8 Å². The van der Waals surface area contributed by atoms with Crippen LogP contribution in [0.5, 0.6) is 0 Å². The minimum Gasteiger partial charge on any atom is -0.480 e. The quantitative estimate of drug-likeness (QED) is 0.653. The van der Waals surface area contributed by atoms with Crippen LogP contribution in [0.2, 0.25) is 0 Å². The number of hydrogen-bond donors (Lipinski definition) is 3. The molecule has 116 valence electrons. The Morgan fingerprint density at radius 2 is 1.81 bits per heavy atom. The molecular weight excluding hydrogens is 268 g/mol. The maximum Gasteiger partial charge on any atom is 0.320 e. The van der Waals surface area contributed by atoms with E-state index in [1.165, 1.54) is 5.56 Å². The number of carboxylic acid groups (broad SMARTS) is 1. The second-order valence-electron chi connectivity index (χ2n) is 5.06. The van der Waals surface area contributed by atoms with Gasteiger partial charge in [-0.2, -0.15) is 0 Å². The third-order valence-electron chi connectivity index (χ3n) is 3.16. The molecule has 0 saturated carbocycles. The summed E-state index contributed by atoms with van der Waals surface area (Å²) in [6.07, 6.45) is 3.37. The van der Waals surface area contributed by atoms with E-state index in [-0.39, 0.29) is 12.5 Å². The zero-order valence-electron chi connectivity index (χ0n) is 12.7. The summed E-state index contributed by atoms with van der Waals surface area (Å²) in [5, 5.41) is 14.5. The van der Waals surface area contributed by atoms with E-state index in [0.29, 0.717) is 6.42 Å². The van der Waals surface area contributed by atoms with Gasteiger partial charge in [-0.3, -0.25) is 14.9 Å². The van der Waals surface area contributed by atoms with Crippen LogP contribution in [0.4, 0.5) is 5.69 Å². The van der Waals surface area contributed by atoms with Crippen molar-refractivity contribution in [3.8, 4) is 0 Å². The molecule has 0 heterocycles. The van der Waals surface area contributed by atoms with Gasteiger partial charge >= 0.3 is 5.97 Å². The van der Waals surface area contributed by atoms with Crippen molar-refractivity contribution in [2.75, 3.05) is 11.9 Å². The Hall–Kier alpha value is -1.88. The number of carbonyl (C=O) groups is 2. The molecule has 3 N–H and O–H groups in total. The van der Waals surface area contributed by atoms with Crippen LogP contribution in [-0.4, -0.2) is 29.6 Å². The number of carboxylic acids is 1. The Balaban J connectivity index is 2.44. The number of rotatable bonds is 9. The second kappa shape index (κ2) is 9.13. The fourth-order valence-electron chi connectivity index (χ4n) is 2.07. The van der Waals surface area contributed by atoms with Crippen LogP contribution in [0.1, 0.15) is 38.7 Å². The van der Waals surface area contributed by atoms with E-state index in [2.05, 4.69) is 17.6 Å². The molecule has 1 atom stereocenters. The lowest BCUT2D eigenvalue weighted by Crippen LogP contribution is -2.41. The summed E-state index contributed by atoms with van der Waals surface area (Å²) < 4.78 is 0. The molecule has 0 aliphatic heterocycles. The molecule has 0 aromatic heterocycles. The lowest BCUT2D eigenvalue weighted by Gasteiger charge is -2.13. The van der Waals surface area contributed by atoms with Crippen molar-refractivity contribution in [2.45, 2.75) is 45.6 Å². The monoisotopic (exact) mass is 292 g/mol. The van der Waals surface area contributed by atoms with E-state index in [0.717, 1.165) is 24.9 Å². The summed E-state index contributed by atoms with van der Waals surface area (Å²) in [5.41, 5.74) is 1.96. The molecule has 0 fully saturated rings. The minimum atomic E-state index is -0.923. The van der Waals surface area contributed by atoms with Gasteiger partial charge < -0.3 is 10.4 Å². The van der Waals surface area contributed by atoms with Crippen LogP contribution in [-0.2, 0) is 16.0 Å². The zero-order chi connectivity index (χ0) is 15.7. The largest absolute Gasteiger partial charge is 0.480 e. The highest BCUT2D eigenvalue weighted by atomic mass is 16.4. The minimum absolute atomic E-state index is 0.00627. The highest BCUT2D eigenvalue weighted by Gasteiger charge is 2.16. The lowest BCUT2D eigenvalue weighted by atomic mass is 10.1. The van der Waals surface area contributed by atoms with Crippen molar-refractivity contribution in [1.82, 2.24) is 5.32 Å². The molecule has 0 aliphatic rings. The number of aliphatic carboxylic acids is 1. The van der Waals surface area contributed by atoms with Crippen LogP contribution in [0.3, 0.4) is 0 Å². The Kier molecular flexibility index (Phi) is 7.46. The average Bonchev–Trinajstić information content (AvgIpc) is 2.45. The summed E-state index contributed by atoms with van der Waals surface area (Å²) in [6.45, 7) is 4.03. The van der Waals surface area contributed by atoms with Crippen LogP contribution in [0, 0.1) is 0 Å². The molecule has 0 saturated heterocycles. The predicted molar refractivity (Wildman–Crippen MR) is 83.4 cm³/mol. The van der Waals surface area contributed by atoms with Gasteiger partial charge in [0.25, 0.3) is 0 Å². The summed E-state index contributed by atoms with van der Waals surface area (Å²) in [4.78, 5) is 22.8. The first-order valence-electron chi connectivity index (χ1n) is 7.41. The molecule has 1 amide bonds. The van der Waals surface area contributed by atoms with Gasteiger partial charge in [0.15, 0.2) is 0 Å². The smallest absolute Gasteiger partial charge is 0.320 e. The zero-order valence-corrected chi connectivity index (χ0v) is 12.7. The molecule has 1 aromatic carbocycles. The molecule has 0 spiro atoms. The van der Waals surface area contributed by atoms with Crippen LogP contribution in [0.25, 0.3) is 0 Å². The molecule has 0 aliphatic carbocycles. The number of carbonyl (C=O) groups excluding carboxylic acids is 1. The molecular formula is C16H24N2O3. The average molecular weight is 292 g/mol. The van der Waals surface area contributed by atoms with E-state index in [1.54, 1.807) is 0 Å². The molecule has 1 aromatic rings. The highest BCUT2D eigenvalue weighted by molar-refractivity contribution is 5.92. The first-order valence-corrected chi connectivity index (χ1v) is 7.41. The van der Waals surface area contributed by atoms with E-state index in [1.807, 2.05) is 31.2 Å². The number of amides is 1. The summed E-state index contributed by atoms with van der Waals surface area (Å²) in [6, 6.07) is 7.04. The van der Waals surface area contributed by atoms with Crippen molar-refractivity contribution >= 4 is 17.6 Å². The molecule has 1 unspecified atom stereocenters. The van der Waals surface area contributed by atoms with Crippen LogP contribution >= 0.6 is 0 Å².